The van der Waals surface area contributed by atoms with Crippen LogP contribution < -0.4 is 16.4 Å². The van der Waals surface area contributed by atoms with Gasteiger partial charge in [0.25, 0.3) is 0 Å². The molecule has 2 amide bonds. The molecule has 4 N–H and O–H groups in total. The van der Waals surface area contributed by atoms with Gasteiger partial charge in [0.2, 0.25) is 11.8 Å². The van der Waals surface area contributed by atoms with Gasteiger partial charge in [-0.2, -0.15) is 0 Å². The number of aromatic nitrogens is 1. The highest BCUT2D eigenvalue weighted by molar-refractivity contribution is 7.15. The Balaban J connectivity index is 0.00000392. The molecule has 154 valence electrons. The van der Waals surface area contributed by atoms with E-state index in [0.717, 1.165) is 21.1 Å². The average molecular weight is 425 g/mol. The lowest BCUT2D eigenvalue weighted by atomic mass is 10.1. The standard InChI is InChI=1S/C20H28N4O2S.ClH/c1-11(2)17(21)19(26)22-10-16(25)23-13(4)18-14(5)24-20(27-18)15-8-6-12(3)7-9-15;/h6-9,11,13,17H,10,21H2,1-5H3,(H,22,26)(H,23,25);1H/t13?,17-;/m0./s1. The van der Waals surface area contributed by atoms with Crippen LogP contribution in [0.4, 0.5) is 0 Å². The second-order valence-corrected chi connectivity index (χ2v) is 8.14. The summed E-state index contributed by atoms with van der Waals surface area (Å²) in [6.07, 6.45) is 0. The molecule has 2 rings (SSSR count). The molecule has 0 saturated carbocycles. The van der Waals surface area contributed by atoms with Crippen LogP contribution in [-0.4, -0.2) is 29.4 Å². The first-order chi connectivity index (χ1) is 12.7. The second kappa shape index (κ2) is 10.5. The molecule has 2 atom stereocenters. The van der Waals surface area contributed by atoms with E-state index in [1.165, 1.54) is 5.56 Å². The molecular weight excluding hydrogens is 396 g/mol. The third kappa shape index (κ3) is 6.29. The van der Waals surface area contributed by atoms with E-state index < -0.39 is 6.04 Å². The topological polar surface area (TPSA) is 97.1 Å². The quantitative estimate of drug-likeness (QED) is 0.636. The van der Waals surface area contributed by atoms with Crippen molar-refractivity contribution in [2.75, 3.05) is 6.54 Å². The Labute approximate surface area is 176 Å². The number of amides is 2. The maximum Gasteiger partial charge on any atom is 0.239 e. The number of rotatable bonds is 7. The molecule has 1 aromatic carbocycles. The number of nitrogens with two attached hydrogens (primary N) is 1. The highest BCUT2D eigenvalue weighted by Gasteiger charge is 2.20. The van der Waals surface area contributed by atoms with Crippen molar-refractivity contribution >= 4 is 35.6 Å². The molecule has 1 unspecified atom stereocenters. The maximum atomic E-state index is 12.2. The predicted molar refractivity (Wildman–Crippen MR) is 117 cm³/mol. The Hall–Kier alpha value is -1.96. The molecule has 0 aliphatic heterocycles. The Morgan fingerprint density at radius 1 is 1.14 bits per heavy atom. The second-order valence-electron chi connectivity index (χ2n) is 7.11. The predicted octanol–water partition coefficient (Wildman–Crippen LogP) is 3.13. The molecule has 0 bridgehead atoms. The number of thiazole rings is 1. The number of hydrogen-bond donors (Lipinski definition) is 3. The summed E-state index contributed by atoms with van der Waals surface area (Å²) in [5.41, 5.74) is 8.94. The van der Waals surface area contributed by atoms with E-state index in [1.54, 1.807) is 11.3 Å². The molecule has 0 radical (unpaired) electrons. The summed E-state index contributed by atoms with van der Waals surface area (Å²) >= 11 is 1.57. The van der Waals surface area contributed by atoms with Crippen LogP contribution in [0.1, 0.15) is 42.9 Å². The molecule has 6 nitrogen and oxygen atoms in total. The van der Waals surface area contributed by atoms with Crippen molar-refractivity contribution in [3.63, 3.8) is 0 Å². The molecule has 1 heterocycles. The van der Waals surface area contributed by atoms with Crippen molar-refractivity contribution in [2.45, 2.75) is 46.7 Å². The number of halogens is 1. The van der Waals surface area contributed by atoms with Crippen molar-refractivity contribution in [3.05, 3.63) is 40.4 Å². The number of nitrogens with zero attached hydrogens (tertiary/aromatic N) is 1. The third-order valence-electron chi connectivity index (χ3n) is 4.35. The maximum absolute atomic E-state index is 12.2. The fourth-order valence-corrected chi connectivity index (χ4v) is 3.65. The first kappa shape index (κ1) is 24.1. The first-order valence-electron chi connectivity index (χ1n) is 9.06. The highest BCUT2D eigenvalue weighted by Crippen LogP contribution is 2.31. The van der Waals surface area contributed by atoms with Crippen LogP contribution >= 0.6 is 23.7 Å². The van der Waals surface area contributed by atoms with Crippen LogP contribution in [0.3, 0.4) is 0 Å². The van der Waals surface area contributed by atoms with Crippen molar-refractivity contribution < 1.29 is 9.59 Å². The van der Waals surface area contributed by atoms with Crippen molar-refractivity contribution in [2.24, 2.45) is 11.7 Å². The normalized spacial score (nSPS) is 12.8. The van der Waals surface area contributed by atoms with E-state index in [-0.39, 0.29) is 42.7 Å². The van der Waals surface area contributed by atoms with Gasteiger partial charge in [-0.1, -0.05) is 43.7 Å². The highest BCUT2D eigenvalue weighted by atomic mass is 35.5. The number of hydrogen-bond acceptors (Lipinski definition) is 5. The zero-order chi connectivity index (χ0) is 20.1. The number of benzene rings is 1. The minimum absolute atomic E-state index is 0. The number of carbonyl (C=O) groups is 2. The van der Waals surface area contributed by atoms with Crippen LogP contribution in [0.25, 0.3) is 10.6 Å². The van der Waals surface area contributed by atoms with Gasteiger partial charge in [-0.05, 0) is 26.7 Å². The van der Waals surface area contributed by atoms with Crippen molar-refractivity contribution in [1.29, 1.82) is 0 Å². The lowest BCUT2D eigenvalue weighted by molar-refractivity contribution is -0.127. The Kier molecular flexibility index (Phi) is 9.07. The summed E-state index contributed by atoms with van der Waals surface area (Å²) in [6.45, 7) is 9.54. The van der Waals surface area contributed by atoms with Crippen LogP contribution in [-0.2, 0) is 9.59 Å². The van der Waals surface area contributed by atoms with E-state index in [2.05, 4.69) is 27.8 Å². The summed E-state index contributed by atoms with van der Waals surface area (Å²) in [6, 6.07) is 7.41. The van der Waals surface area contributed by atoms with Crippen molar-refractivity contribution in [1.82, 2.24) is 15.6 Å². The molecule has 0 spiro atoms. The Morgan fingerprint density at radius 3 is 2.32 bits per heavy atom. The Morgan fingerprint density at radius 2 is 1.75 bits per heavy atom. The number of nitrogens with one attached hydrogen (secondary N) is 2. The zero-order valence-corrected chi connectivity index (χ0v) is 18.5. The molecule has 28 heavy (non-hydrogen) atoms. The van der Waals surface area contributed by atoms with E-state index in [0.29, 0.717) is 0 Å². The van der Waals surface area contributed by atoms with Gasteiger partial charge in [0.15, 0.2) is 0 Å². The SMILES string of the molecule is Cc1ccc(-c2nc(C)c(C(C)NC(=O)CNC(=O)[C@@H](N)C(C)C)s2)cc1.Cl. The molecule has 0 saturated heterocycles. The van der Waals surface area contributed by atoms with E-state index in [9.17, 15) is 9.59 Å². The fraction of sp³-hybridized carbons (Fsp3) is 0.450. The molecule has 0 aliphatic rings. The molecule has 8 heteroatoms. The smallest absolute Gasteiger partial charge is 0.239 e. The summed E-state index contributed by atoms with van der Waals surface area (Å²) in [5, 5.41) is 6.42. The molecular formula is C20H29ClN4O2S. The van der Waals surface area contributed by atoms with Crippen molar-refractivity contribution in [3.8, 4) is 10.6 Å². The van der Waals surface area contributed by atoms with Gasteiger partial charge in [0.1, 0.15) is 5.01 Å². The van der Waals surface area contributed by atoms with Gasteiger partial charge in [0.05, 0.1) is 29.2 Å². The Bertz CT molecular complexity index is 805. The molecule has 0 fully saturated rings. The van der Waals surface area contributed by atoms with E-state index in [1.807, 2.05) is 46.8 Å². The summed E-state index contributed by atoms with van der Waals surface area (Å²) < 4.78 is 0. The molecule has 1 aromatic heterocycles. The third-order valence-corrected chi connectivity index (χ3v) is 5.74. The minimum Gasteiger partial charge on any atom is -0.347 e. The molecule has 2 aromatic rings. The van der Waals surface area contributed by atoms with Gasteiger partial charge in [-0.25, -0.2) is 4.98 Å². The van der Waals surface area contributed by atoms with Crippen LogP contribution in [0.5, 0.6) is 0 Å². The largest absolute Gasteiger partial charge is 0.347 e. The number of carbonyl (C=O) groups excluding carboxylic acids is 2. The molecule has 0 aliphatic carbocycles. The van der Waals surface area contributed by atoms with Gasteiger partial charge >= 0.3 is 0 Å². The number of aryl methyl sites for hydroxylation is 2. The fourth-order valence-electron chi connectivity index (χ4n) is 2.58. The lowest BCUT2D eigenvalue weighted by Gasteiger charge is -2.16. The van der Waals surface area contributed by atoms with Crippen LogP contribution in [0.2, 0.25) is 0 Å². The zero-order valence-electron chi connectivity index (χ0n) is 16.9. The van der Waals surface area contributed by atoms with E-state index in [4.69, 9.17) is 5.73 Å². The monoisotopic (exact) mass is 424 g/mol. The van der Waals surface area contributed by atoms with Gasteiger partial charge in [-0.15, -0.1) is 23.7 Å². The summed E-state index contributed by atoms with van der Waals surface area (Å²) in [4.78, 5) is 29.7. The summed E-state index contributed by atoms with van der Waals surface area (Å²) in [5.74, 6) is -0.549. The lowest BCUT2D eigenvalue weighted by Crippen LogP contribution is -2.47. The van der Waals surface area contributed by atoms with Crippen LogP contribution in [0.15, 0.2) is 24.3 Å². The van der Waals surface area contributed by atoms with Gasteiger partial charge in [0, 0.05) is 5.56 Å². The minimum atomic E-state index is -0.615. The van der Waals surface area contributed by atoms with Crippen LogP contribution in [0, 0.1) is 19.8 Å². The van der Waals surface area contributed by atoms with Gasteiger partial charge < -0.3 is 16.4 Å². The van der Waals surface area contributed by atoms with Gasteiger partial charge in [-0.3, -0.25) is 9.59 Å². The first-order valence-corrected chi connectivity index (χ1v) is 9.87. The summed E-state index contributed by atoms with van der Waals surface area (Å²) in [7, 11) is 0. The van der Waals surface area contributed by atoms with E-state index >= 15 is 0 Å². The average Bonchev–Trinajstić information content (AvgIpc) is 3.01.